The second-order valence-corrected chi connectivity index (χ2v) is 3.98. The zero-order valence-corrected chi connectivity index (χ0v) is 10.4. The highest BCUT2D eigenvalue weighted by Crippen LogP contribution is 2.04. The van der Waals surface area contributed by atoms with Crippen molar-refractivity contribution in [1.82, 2.24) is 10.6 Å². The SMILES string of the molecule is CCCNC(=O)CNC(=O)[C@@H](N)[C@@H](C)CC. The highest BCUT2D eigenvalue weighted by atomic mass is 16.2. The summed E-state index contributed by atoms with van der Waals surface area (Å²) in [7, 11) is 0. The molecule has 4 N–H and O–H groups in total. The van der Waals surface area contributed by atoms with E-state index in [0.29, 0.717) is 6.54 Å². The van der Waals surface area contributed by atoms with E-state index in [4.69, 9.17) is 5.73 Å². The number of hydrogen-bond donors (Lipinski definition) is 3. The quantitative estimate of drug-likeness (QED) is 0.574. The first kappa shape index (κ1) is 14.9. The number of rotatable bonds is 7. The average Bonchev–Trinajstić information content (AvgIpc) is 2.31. The van der Waals surface area contributed by atoms with Gasteiger partial charge in [0.2, 0.25) is 11.8 Å². The van der Waals surface area contributed by atoms with Crippen LogP contribution in [0.15, 0.2) is 0 Å². The predicted molar refractivity (Wildman–Crippen MR) is 63.7 cm³/mol. The highest BCUT2D eigenvalue weighted by Gasteiger charge is 2.19. The van der Waals surface area contributed by atoms with Crippen molar-refractivity contribution in [3.05, 3.63) is 0 Å². The monoisotopic (exact) mass is 229 g/mol. The molecule has 94 valence electrons. The van der Waals surface area contributed by atoms with Crippen LogP contribution in [-0.2, 0) is 9.59 Å². The van der Waals surface area contributed by atoms with Crippen LogP contribution >= 0.6 is 0 Å². The van der Waals surface area contributed by atoms with E-state index in [-0.39, 0.29) is 24.3 Å². The van der Waals surface area contributed by atoms with E-state index < -0.39 is 6.04 Å². The summed E-state index contributed by atoms with van der Waals surface area (Å²) < 4.78 is 0. The maximum absolute atomic E-state index is 11.5. The molecule has 0 aromatic carbocycles. The van der Waals surface area contributed by atoms with Crippen molar-refractivity contribution in [3.63, 3.8) is 0 Å². The molecule has 5 heteroatoms. The molecule has 2 atom stereocenters. The molecule has 0 radical (unpaired) electrons. The molecule has 16 heavy (non-hydrogen) atoms. The van der Waals surface area contributed by atoms with Gasteiger partial charge in [-0.1, -0.05) is 27.2 Å². The smallest absolute Gasteiger partial charge is 0.239 e. The van der Waals surface area contributed by atoms with Crippen molar-refractivity contribution < 1.29 is 9.59 Å². The highest BCUT2D eigenvalue weighted by molar-refractivity contribution is 5.87. The molecule has 0 bridgehead atoms. The lowest BCUT2D eigenvalue weighted by Crippen LogP contribution is -2.47. The van der Waals surface area contributed by atoms with E-state index in [1.165, 1.54) is 0 Å². The number of amides is 2. The fraction of sp³-hybridized carbons (Fsp3) is 0.818. The Morgan fingerprint density at radius 1 is 1.25 bits per heavy atom. The Morgan fingerprint density at radius 3 is 2.38 bits per heavy atom. The van der Waals surface area contributed by atoms with E-state index >= 15 is 0 Å². The van der Waals surface area contributed by atoms with E-state index in [2.05, 4.69) is 10.6 Å². The summed E-state index contributed by atoms with van der Waals surface area (Å²) in [5.74, 6) is -0.314. The number of carbonyl (C=O) groups excluding carboxylic acids is 2. The van der Waals surface area contributed by atoms with Crippen molar-refractivity contribution in [2.24, 2.45) is 11.7 Å². The molecule has 0 heterocycles. The van der Waals surface area contributed by atoms with Crippen LogP contribution in [-0.4, -0.2) is 30.9 Å². The van der Waals surface area contributed by atoms with Crippen LogP contribution in [0.5, 0.6) is 0 Å². The molecule has 0 rings (SSSR count). The largest absolute Gasteiger partial charge is 0.355 e. The molecule has 0 fully saturated rings. The van der Waals surface area contributed by atoms with Gasteiger partial charge in [-0.3, -0.25) is 9.59 Å². The van der Waals surface area contributed by atoms with Crippen LogP contribution < -0.4 is 16.4 Å². The molecule has 2 amide bonds. The fourth-order valence-electron chi connectivity index (χ4n) is 1.12. The molecule has 0 saturated carbocycles. The van der Waals surface area contributed by atoms with Gasteiger partial charge in [-0.2, -0.15) is 0 Å². The molecule has 0 spiro atoms. The van der Waals surface area contributed by atoms with Gasteiger partial charge in [0.1, 0.15) is 0 Å². The van der Waals surface area contributed by atoms with Gasteiger partial charge in [0, 0.05) is 6.54 Å². The molecule has 0 aliphatic carbocycles. The van der Waals surface area contributed by atoms with Gasteiger partial charge < -0.3 is 16.4 Å². The summed E-state index contributed by atoms with van der Waals surface area (Å²) >= 11 is 0. The number of nitrogens with one attached hydrogen (secondary N) is 2. The molecule has 0 aliphatic rings. The summed E-state index contributed by atoms with van der Waals surface area (Å²) in [4.78, 5) is 22.7. The number of hydrogen-bond acceptors (Lipinski definition) is 3. The minimum atomic E-state index is -0.538. The molecule has 0 saturated heterocycles. The maximum Gasteiger partial charge on any atom is 0.239 e. The summed E-state index contributed by atoms with van der Waals surface area (Å²) in [6, 6.07) is -0.538. The van der Waals surface area contributed by atoms with E-state index in [1.807, 2.05) is 20.8 Å². The average molecular weight is 229 g/mol. The minimum absolute atomic E-state index is 0.00294. The van der Waals surface area contributed by atoms with E-state index in [9.17, 15) is 9.59 Å². The number of nitrogens with two attached hydrogens (primary N) is 1. The molecule has 0 aromatic rings. The normalized spacial score (nSPS) is 14.0. The Balaban J connectivity index is 3.84. The minimum Gasteiger partial charge on any atom is -0.355 e. The van der Waals surface area contributed by atoms with E-state index in [0.717, 1.165) is 12.8 Å². The zero-order chi connectivity index (χ0) is 12.6. The second-order valence-electron chi connectivity index (χ2n) is 3.98. The molecule has 5 nitrogen and oxygen atoms in total. The molecule has 0 aliphatic heterocycles. The van der Waals surface area contributed by atoms with Gasteiger partial charge in [0.15, 0.2) is 0 Å². The summed E-state index contributed by atoms with van der Waals surface area (Å²) in [6.45, 7) is 6.50. The van der Waals surface area contributed by atoms with Gasteiger partial charge in [-0.15, -0.1) is 0 Å². The second kappa shape index (κ2) is 8.10. The van der Waals surface area contributed by atoms with Crippen LogP contribution in [0.1, 0.15) is 33.6 Å². The third kappa shape index (κ3) is 5.70. The first-order valence-electron chi connectivity index (χ1n) is 5.82. The van der Waals surface area contributed by atoms with Crippen molar-refractivity contribution in [3.8, 4) is 0 Å². The van der Waals surface area contributed by atoms with Gasteiger partial charge >= 0.3 is 0 Å². The lowest BCUT2D eigenvalue weighted by molar-refractivity contribution is -0.127. The zero-order valence-electron chi connectivity index (χ0n) is 10.4. The predicted octanol–water partition coefficient (Wildman–Crippen LogP) is 0.00220. The first-order valence-corrected chi connectivity index (χ1v) is 5.82. The standard InChI is InChI=1S/C11H23N3O2/c1-4-6-13-9(15)7-14-11(16)10(12)8(3)5-2/h8,10H,4-7,12H2,1-3H3,(H,13,15)(H,14,16)/t8-,10-/m0/s1. The lowest BCUT2D eigenvalue weighted by atomic mass is 9.99. The Bertz CT molecular complexity index is 231. The number of carbonyl (C=O) groups is 2. The fourth-order valence-corrected chi connectivity index (χ4v) is 1.12. The van der Waals surface area contributed by atoms with Gasteiger partial charge in [-0.05, 0) is 12.3 Å². The Hall–Kier alpha value is -1.10. The van der Waals surface area contributed by atoms with Gasteiger partial charge in [-0.25, -0.2) is 0 Å². The molecule has 0 aromatic heterocycles. The Morgan fingerprint density at radius 2 is 1.88 bits per heavy atom. The summed E-state index contributed by atoms with van der Waals surface area (Å²) in [5, 5.41) is 5.21. The van der Waals surface area contributed by atoms with E-state index in [1.54, 1.807) is 0 Å². The third-order valence-corrected chi connectivity index (χ3v) is 2.56. The van der Waals surface area contributed by atoms with Crippen molar-refractivity contribution in [2.75, 3.05) is 13.1 Å². The molecular weight excluding hydrogens is 206 g/mol. The van der Waals surface area contributed by atoms with Crippen molar-refractivity contribution in [2.45, 2.75) is 39.7 Å². The van der Waals surface area contributed by atoms with Crippen molar-refractivity contribution >= 4 is 11.8 Å². The topological polar surface area (TPSA) is 84.2 Å². The van der Waals surface area contributed by atoms with Crippen molar-refractivity contribution in [1.29, 1.82) is 0 Å². The Kier molecular flexibility index (Phi) is 7.54. The van der Waals surface area contributed by atoms with Crippen LogP contribution in [0.25, 0.3) is 0 Å². The third-order valence-electron chi connectivity index (χ3n) is 2.56. The lowest BCUT2D eigenvalue weighted by Gasteiger charge is -2.17. The molecule has 0 unspecified atom stereocenters. The maximum atomic E-state index is 11.5. The first-order chi connectivity index (χ1) is 7.52. The summed E-state index contributed by atoms with van der Waals surface area (Å²) in [6.07, 6.45) is 1.72. The van der Waals surface area contributed by atoms with Gasteiger partial charge in [0.25, 0.3) is 0 Å². The summed E-state index contributed by atoms with van der Waals surface area (Å²) in [5.41, 5.74) is 5.71. The van der Waals surface area contributed by atoms with Crippen LogP contribution in [0.2, 0.25) is 0 Å². The molecular formula is C11H23N3O2. The van der Waals surface area contributed by atoms with Crippen LogP contribution in [0, 0.1) is 5.92 Å². The Labute approximate surface area is 97.2 Å². The van der Waals surface area contributed by atoms with Crippen LogP contribution in [0.3, 0.4) is 0 Å². The van der Waals surface area contributed by atoms with Gasteiger partial charge in [0.05, 0.1) is 12.6 Å². The van der Waals surface area contributed by atoms with Crippen LogP contribution in [0.4, 0.5) is 0 Å².